The van der Waals surface area contributed by atoms with Crippen molar-refractivity contribution >= 4 is 74.9 Å². The second kappa shape index (κ2) is 14.0. The molecular formula is C57H39NS. The third kappa shape index (κ3) is 5.45. The summed E-state index contributed by atoms with van der Waals surface area (Å²) in [5.41, 5.74) is 13.6. The quantitative estimate of drug-likeness (QED) is 0.154. The number of hydrogen-bond acceptors (Lipinski definition) is 1. The first-order valence-corrected chi connectivity index (χ1v) is 20.7. The van der Waals surface area contributed by atoms with Gasteiger partial charge in [0.1, 0.15) is 0 Å². The topological polar surface area (TPSA) is 4.93 Å². The molecule has 0 bridgehead atoms. The first-order valence-electron chi connectivity index (χ1n) is 19.9. The molecule has 0 aliphatic rings. The van der Waals surface area contributed by atoms with E-state index in [1.165, 1.54) is 108 Å². The van der Waals surface area contributed by atoms with E-state index in [-0.39, 0.29) is 7.43 Å². The minimum absolute atomic E-state index is 0. The maximum absolute atomic E-state index is 2.43. The first-order chi connectivity index (χ1) is 28.8. The molecule has 0 spiro atoms. The molecule has 278 valence electrons. The molecule has 2 aromatic heterocycles. The van der Waals surface area contributed by atoms with Gasteiger partial charge in [0, 0.05) is 36.6 Å². The Morgan fingerprint density at radius 2 is 0.712 bits per heavy atom. The molecule has 0 atom stereocenters. The monoisotopic (exact) mass is 769 g/mol. The van der Waals surface area contributed by atoms with Crippen LogP contribution in [0, 0.1) is 0 Å². The third-order valence-corrected chi connectivity index (χ3v) is 13.3. The summed E-state index contributed by atoms with van der Waals surface area (Å²) in [7, 11) is 0. The summed E-state index contributed by atoms with van der Waals surface area (Å²) in [4.78, 5) is 0. The van der Waals surface area contributed by atoms with E-state index in [1.807, 2.05) is 11.3 Å². The number of thiophene rings is 1. The van der Waals surface area contributed by atoms with E-state index in [1.54, 1.807) is 0 Å². The lowest BCUT2D eigenvalue weighted by atomic mass is 9.86. The zero-order chi connectivity index (χ0) is 38.2. The van der Waals surface area contributed by atoms with E-state index in [0.29, 0.717) is 0 Å². The van der Waals surface area contributed by atoms with Crippen LogP contribution in [0.5, 0.6) is 0 Å². The molecule has 0 aliphatic carbocycles. The highest BCUT2D eigenvalue weighted by atomic mass is 32.1. The molecule has 0 saturated heterocycles. The van der Waals surface area contributed by atoms with E-state index in [4.69, 9.17) is 0 Å². The first kappa shape index (κ1) is 34.9. The predicted octanol–water partition coefficient (Wildman–Crippen LogP) is 16.8. The zero-order valence-corrected chi connectivity index (χ0v) is 32.4. The lowest BCUT2D eigenvalue weighted by Crippen LogP contribution is -1.94. The maximum atomic E-state index is 2.43. The lowest BCUT2D eigenvalue weighted by Gasteiger charge is -2.18. The van der Waals surface area contributed by atoms with Gasteiger partial charge in [-0.2, -0.15) is 0 Å². The number of aromatic nitrogens is 1. The van der Waals surface area contributed by atoms with Crippen LogP contribution in [0.2, 0.25) is 0 Å². The standard InChI is InChI=1S/C56H35NS.CH4/c1-3-15-36(16-4-1)41-24-13-26-48-49-27-14-25-42(56(49)58-55(41)48)39-31-34-52-50(35-39)43-19-11-12-28-51(43)57(52)40-32-29-38(30-33-40)54-46-22-9-7-20-44(46)53(37-17-5-2-6-18-37)45-21-8-10-23-47(45)54;/h1-35H;1H4. The Morgan fingerprint density at radius 3 is 1.29 bits per heavy atom. The second-order valence-electron chi connectivity index (χ2n) is 15.2. The van der Waals surface area contributed by atoms with Gasteiger partial charge in [-0.25, -0.2) is 0 Å². The molecule has 12 rings (SSSR count). The van der Waals surface area contributed by atoms with Crippen LogP contribution in [0.1, 0.15) is 7.43 Å². The second-order valence-corrected chi connectivity index (χ2v) is 16.2. The Labute approximate surface area is 347 Å². The molecule has 0 unspecified atom stereocenters. The largest absolute Gasteiger partial charge is 0.309 e. The summed E-state index contributed by atoms with van der Waals surface area (Å²) in [6, 6.07) is 78.0. The van der Waals surface area contributed by atoms with Crippen LogP contribution in [-0.4, -0.2) is 4.57 Å². The highest BCUT2D eigenvalue weighted by molar-refractivity contribution is 7.26. The Morgan fingerprint density at radius 1 is 0.288 bits per heavy atom. The minimum atomic E-state index is 0. The Kier molecular flexibility index (Phi) is 8.28. The van der Waals surface area contributed by atoms with E-state index >= 15 is 0 Å². The van der Waals surface area contributed by atoms with E-state index in [0.717, 1.165) is 5.69 Å². The van der Waals surface area contributed by atoms with Crippen molar-refractivity contribution in [3.8, 4) is 50.2 Å². The van der Waals surface area contributed by atoms with Crippen molar-refractivity contribution in [3.63, 3.8) is 0 Å². The van der Waals surface area contributed by atoms with Crippen molar-refractivity contribution in [2.45, 2.75) is 7.43 Å². The van der Waals surface area contributed by atoms with Gasteiger partial charge < -0.3 is 4.57 Å². The SMILES string of the molecule is C.c1ccc(-c2c3ccccc3c(-c3ccc(-n4c5ccccc5c5cc(-c6cccc7c6sc6c(-c8ccccc8)cccc67)ccc54)cc3)c3ccccc23)cc1. The molecule has 59 heavy (non-hydrogen) atoms. The van der Waals surface area contributed by atoms with Crippen molar-refractivity contribution < 1.29 is 0 Å². The van der Waals surface area contributed by atoms with E-state index in [2.05, 4.69) is 217 Å². The predicted molar refractivity (Wildman–Crippen MR) is 257 cm³/mol. The van der Waals surface area contributed by atoms with Crippen LogP contribution < -0.4 is 0 Å². The Bertz CT molecular complexity index is 3480. The van der Waals surface area contributed by atoms with Crippen LogP contribution in [0.15, 0.2) is 212 Å². The van der Waals surface area contributed by atoms with Gasteiger partial charge >= 0.3 is 0 Å². The van der Waals surface area contributed by atoms with Gasteiger partial charge in [0.15, 0.2) is 0 Å². The maximum Gasteiger partial charge on any atom is 0.0541 e. The molecule has 12 aromatic rings. The van der Waals surface area contributed by atoms with Crippen molar-refractivity contribution in [2.75, 3.05) is 0 Å². The number of para-hydroxylation sites is 1. The fraction of sp³-hybridized carbons (Fsp3) is 0.0175. The number of fused-ring (bicyclic) bond motifs is 8. The third-order valence-electron chi connectivity index (χ3n) is 12.0. The van der Waals surface area contributed by atoms with Crippen molar-refractivity contribution in [1.82, 2.24) is 4.57 Å². The van der Waals surface area contributed by atoms with Gasteiger partial charge in [-0.1, -0.05) is 189 Å². The smallest absolute Gasteiger partial charge is 0.0541 e. The lowest BCUT2D eigenvalue weighted by molar-refractivity contribution is 1.18. The molecule has 0 radical (unpaired) electrons. The Hall–Kier alpha value is -7.26. The highest BCUT2D eigenvalue weighted by Crippen LogP contribution is 2.46. The van der Waals surface area contributed by atoms with Crippen molar-refractivity contribution in [1.29, 1.82) is 0 Å². The van der Waals surface area contributed by atoms with Gasteiger partial charge in [0.25, 0.3) is 0 Å². The molecule has 2 heteroatoms. The summed E-state index contributed by atoms with van der Waals surface area (Å²) in [6.07, 6.45) is 0. The summed E-state index contributed by atoms with van der Waals surface area (Å²) < 4.78 is 5.10. The number of benzene rings is 10. The van der Waals surface area contributed by atoms with Crippen molar-refractivity contribution in [3.05, 3.63) is 212 Å². The molecule has 0 aliphatic heterocycles. The van der Waals surface area contributed by atoms with Crippen molar-refractivity contribution in [2.24, 2.45) is 0 Å². The number of nitrogens with zero attached hydrogens (tertiary/aromatic N) is 1. The average Bonchev–Trinajstić information content (AvgIpc) is 3.85. The van der Waals surface area contributed by atoms with E-state index < -0.39 is 0 Å². The van der Waals surface area contributed by atoms with Crippen LogP contribution in [0.4, 0.5) is 0 Å². The molecule has 2 heterocycles. The number of rotatable bonds is 5. The van der Waals surface area contributed by atoms with Gasteiger partial charge in [-0.15, -0.1) is 11.3 Å². The summed E-state index contributed by atoms with van der Waals surface area (Å²) in [6.45, 7) is 0. The average molecular weight is 770 g/mol. The van der Waals surface area contributed by atoms with Crippen LogP contribution >= 0.6 is 11.3 Å². The van der Waals surface area contributed by atoms with Gasteiger partial charge in [-0.05, 0) is 96.4 Å². The molecule has 0 saturated carbocycles. The van der Waals surface area contributed by atoms with Gasteiger partial charge in [0.05, 0.1) is 11.0 Å². The summed E-state index contributed by atoms with van der Waals surface area (Å²) >= 11 is 1.91. The fourth-order valence-corrected chi connectivity index (χ4v) is 10.8. The van der Waals surface area contributed by atoms with E-state index in [9.17, 15) is 0 Å². The minimum Gasteiger partial charge on any atom is -0.309 e. The summed E-state index contributed by atoms with van der Waals surface area (Å²) in [5, 5.41) is 10.2. The molecule has 0 N–H and O–H groups in total. The zero-order valence-electron chi connectivity index (χ0n) is 31.6. The fourth-order valence-electron chi connectivity index (χ4n) is 9.44. The highest BCUT2D eigenvalue weighted by Gasteiger charge is 2.19. The molecule has 0 amide bonds. The van der Waals surface area contributed by atoms with Crippen LogP contribution in [0.25, 0.3) is 114 Å². The normalized spacial score (nSPS) is 11.6. The van der Waals surface area contributed by atoms with Crippen LogP contribution in [-0.2, 0) is 0 Å². The number of hydrogen-bond donors (Lipinski definition) is 0. The van der Waals surface area contributed by atoms with Crippen LogP contribution in [0.3, 0.4) is 0 Å². The molecule has 0 fully saturated rings. The van der Waals surface area contributed by atoms with Gasteiger partial charge in [0.2, 0.25) is 0 Å². The molecule has 10 aromatic carbocycles. The Balaban J connectivity index is 0.00000397. The molecule has 1 nitrogen and oxygen atoms in total. The summed E-state index contributed by atoms with van der Waals surface area (Å²) in [5.74, 6) is 0. The van der Waals surface area contributed by atoms with Gasteiger partial charge in [-0.3, -0.25) is 0 Å². The molecular weight excluding hydrogens is 731 g/mol.